The van der Waals surface area contributed by atoms with Gasteiger partial charge in [0.15, 0.2) is 0 Å². The Balaban J connectivity index is 1.51. The third kappa shape index (κ3) is 4.49. The smallest absolute Gasteiger partial charge is 0.248 e. The first-order valence-electron chi connectivity index (χ1n) is 8.69. The van der Waals surface area contributed by atoms with Crippen molar-refractivity contribution in [2.45, 2.75) is 26.7 Å². The van der Waals surface area contributed by atoms with E-state index in [1.54, 1.807) is 11.3 Å². The number of rotatable bonds is 8. The van der Waals surface area contributed by atoms with Crippen LogP contribution in [0.2, 0.25) is 0 Å². The molecule has 2 aromatic heterocycles. The largest absolute Gasteiger partial charge is 0.421 e. The lowest BCUT2D eigenvalue weighted by Crippen LogP contribution is -2.21. The van der Waals surface area contributed by atoms with Crippen molar-refractivity contribution in [3.05, 3.63) is 47.0 Å². The third-order valence-corrected chi connectivity index (χ3v) is 4.76. The molecule has 0 radical (unpaired) electrons. The number of amides is 1. The summed E-state index contributed by atoms with van der Waals surface area (Å²) in [5.74, 6) is 0.891. The number of carbonyl (C=O) groups excluding carboxylic acids is 1. The minimum atomic E-state index is -0.0733. The monoisotopic (exact) mass is 370 g/mol. The fraction of sp³-hybridized carbons (Fsp3) is 0.316. The van der Waals surface area contributed by atoms with Crippen molar-refractivity contribution in [3.8, 4) is 11.5 Å². The van der Waals surface area contributed by atoms with Gasteiger partial charge in [0.2, 0.25) is 17.7 Å². The fourth-order valence-corrected chi connectivity index (χ4v) is 3.28. The molecule has 1 aromatic carbocycles. The van der Waals surface area contributed by atoms with Crippen molar-refractivity contribution in [2.75, 3.05) is 23.3 Å². The molecule has 0 aliphatic carbocycles. The van der Waals surface area contributed by atoms with Crippen molar-refractivity contribution in [3.63, 3.8) is 0 Å². The number of thiophene rings is 1. The van der Waals surface area contributed by atoms with E-state index in [1.807, 2.05) is 41.1 Å². The molecule has 0 saturated carbocycles. The van der Waals surface area contributed by atoms with Gasteiger partial charge in [0.25, 0.3) is 0 Å². The maximum Gasteiger partial charge on any atom is 0.248 e. The molecule has 7 heteroatoms. The summed E-state index contributed by atoms with van der Waals surface area (Å²) >= 11 is 1.57. The van der Waals surface area contributed by atoms with Crippen LogP contribution in [0.1, 0.15) is 26.2 Å². The lowest BCUT2D eigenvalue weighted by molar-refractivity contribution is -0.116. The van der Waals surface area contributed by atoms with Crippen LogP contribution in [-0.4, -0.2) is 29.2 Å². The molecule has 136 valence electrons. The third-order valence-electron chi connectivity index (χ3n) is 4.08. The van der Waals surface area contributed by atoms with E-state index in [2.05, 4.69) is 34.3 Å². The number of benzene rings is 1. The van der Waals surface area contributed by atoms with E-state index in [1.165, 1.54) is 0 Å². The maximum atomic E-state index is 12.1. The molecule has 1 amide bonds. The van der Waals surface area contributed by atoms with Crippen LogP contribution in [0.15, 0.2) is 45.5 Å². The van der Waals surface area contributed by atoms with Crippen molar-refractivity contribution < 1.29 is 9.21 Å². The normalized spacial score (nSPS) is 10.7. The minimum Gasteiger partial charge on any atom is -0.421 e. The quantitative estimate of drug-likeness (QED) is 0.643. The van der Waals surface area contributed by atoms with Crippen LogP contribution in [0.4, 0.5) is 11.4 Å². The first-order valence-corrected chi connectivity index (χ1v) is 9.63. The standard InChI is InChI=1S/C19H22N4O2S/c1-3-23(4-2)16-7-5-15(6-8-16)20-17(24)9-10-18-21-22-19(25-18)14-11-12-26-13-14/h5-8,11-13H,3-4,9-10H2,1-2H3,(H,20,24). The van der Waals surface area contributed by atoms with Crippen molar-refractivity contribution in [1.82, 2.24) is 10.2 Å². The highest BCUT2D eigenvalue weighted by atomic mass is 32.1. The Morgan fingerprint density at radius 3 is 2.58 bits per heavy atom. The van der Waals surface area contributed by atoms with Crippen molar-refractivity contribution in [1.29, 1.82) is 0 Å². The van der Waals surface area contributed by atoms with Crippen LogP contribution in [0.5, 0.6) is 0 Å². The summed E-state index contributed by atoms with van der Waals surface area (Å²) in [6.07, 6.45) is 0.712. The second-order valence-corrected chi connectivity index (χ2v) is 6.56. The van der Waals surface area contributed by atoms with Gasteiger partial charge in [-0.1, -0.05) is 0 Å². The number of hydrogen-bond acceptors (Lipinski definition) is 6. The average Bonchev–Trinajstić information content (AvgIpc) is 3.34. The molecule has 3 aromatic rings. The molecule has 0 unspecified atom stereocenters. The minimum absolute atomic E-state index is 0.0733. The zero-order valence-electron chi connectivity index (χ0n) is 14.9. The van der Waals surface area contributed by atoms with Gasteiger partial charge in [0.05, 0.1) is 0 Å². The van der Waals surface area contributed by atoms with Gasteiger partial charge in [0.1, 0.15) is 0 Å². The van der Waals surface area contributed by atoms with Gasteiger partial charge in [0, 0.05) is 48.2 Å². The van der Waals surface area contributed by atoms with Gasteiger partial charge < -0.3 is 14.6 Å². The predicted molar refractivity (Wildman–Crippen MR) is 105 cm³/mol. The number of aryl methyl sites for hydroxylation is 1. The molecule has 2 heterocycles. The van der Waals surface area contributed by atoms with Crippen LogP contribution in [0, 0.1) is 0 Å². The van der Waals surface area contributed by atoms with Gasteiger partial charge in [-0.25, -0.2) is 0 Å². The van der Waals surface area contributed by atoms with E-state index in [0.717, 1.165) is 30.0 Å². The molecule has 1 N–H and O–H groups in total. The fourth-order valence-electron chi connectivity index (χ4n) is 2.65. The molecule has 26 heavy (non-hydrogen) atoms. The first-order chi connectivity index (χ1) is 12.7. The summed E-state index contributed by atoms with van der Waals surface area (Å²) in [6, 6.07) is 9.82. The molecule has 0 saturated heterocycles. The number of hydrogen-bond donors (Lipinski definition) is 1. The molecular formula is C19H22N4O2S. The number of carbonyl (C=O) groups is 1. The van der Waals surface area contributed by atoms with Gasteiger partial charge in [-0.3, -0.25) is 4.79 Å². The topological polar surface area (TPSA) is 71.3 Å². The average molecular weight is 370 g/mol. The van der Waals surface area contributed by atoms with E-state index in [0.29, 0.717) is 24.6 Å². The summed E-state index contributed by atoms with van der Waals surface area (Å²) < 4.78 is 5.59. The second-order valence-electron chi connectivity index (χ2n) is 5.78. The molecule has 6 nitrogen and oxygen atoms in total. The van der Waals surface area contributed by atoms with E-state index in [4.69, 9.17) is 4.42 Å². The number of aromatic nitrogens is 2. The van der Waals surface area contributed by atoms with E-state index >= 15 is 0 Å². The Morgan fingerprint density at radius 2 is 1.92 bits per heavy atom. The highest BCUT2D eigenvalue weighted by Crippen LogP contribution is 2.21. The van der Waals surface area contributed by atoms with Gasteiger partial charge >= 0.3 is 0 Å². The summed E-state index contributed by atoms with van der Waals surface area (Å²) in [5.41, 5.74) is 2.85. The molecule has 0 atom stereocenters. The van der Waals surface area contributed by atoms with E-state index < -0.39 is 0 Å². The Labute approximate surface area is 156 Å². The van der Waals surface area contributed by atoms with Crippen LogP contribution in [0.25, 0.3) is 11.5 Å². The Morgan fingerprint density at radius 1 is 1.15 bits per heavy atom. The molecular weight excluding hydrogens is 348 g/mol. The SMILES string of the molecule is CCN(CC)c1ccc(NC(=O)CCc2nnc(-c3ccsc3)o2)cc1. The number of nitrogens with zero attached hydrogens (tertiary/aromatic N) is 3. The summed E-state index contributed by atoms with van der Waals surface area (Å²) in [4.78, 5) is 14.4. The Bertz CT molecular complexity index is 824. The van der Waals surface area contributed by atoms with Crippen LogP contribution >= 0.6 is 11.3 Å². The van der Waals surface area contributed by atoms with Crippen LogP contribution in [0.3, 0.4) is 0 Å². The molecule has 0 aliphatic rings. The number of nitrogens with one attached hydrogen (secondary N) is 1. The molecule has 0 spiro atoms. The zero-order valence-corrected chi connectivity index (χ0v) is 15.8. The van der Waals surface area contributed by atoms with E-state index in [9.17, 15) is 4.79 Å². The highest BCUT2D eigenvalue weighted by Gasteiger charge is 2.11. The van der Waals surface area contributed by atoms with Crippen molar-refractivity contribution >= 4 is 28.6 Å². The maximum absolute atomic E-state index is 12.1. The Kier molecular flexibility index (Phi) is 6.01. The van der Waals surface area contributed by atoms with Crippen LogP contribution < -0.4 is 10.2 Å². The summed E-state index contributed by atoms with van der Waals surface area (Å²) in [7, 11) is 0. The molecule has 3 rings (SSSR count). The van der Waals surface area contributed by atoms with E-state index in [-0.39, 0.29) is 5.91 Å². The molecule has 0 fully saturated rings. The van der Waals surface area contributed by atoms with Gasteiger partial charge in [-0.15, -0.1) is 10.2 Å². The second kappa shape index (κ2) is 8.62. The van der Waals surface area contributed by atoms with Gasteiger partial charge in [-0.2, -0.15) is 11.3 Å². The van der Waals surface area contributed by atoms with Gasteiger partial charge in [-0.05, 0) is 49.6 Å². The number of anilines is 2. The summed E-state index contributed by atoms with van der Waals surface area (Å²) in [5, 5.41) is 14.8. The summed E-state index contributed by atoms with van der Waals surface area (Å²) in [6.45, 7) is 6.17. The highest BCUT2D eigenvalue weighted by molar-refractivity contribution is 7.08. The Hall–Kier alpha value is -2.67. The molecule has 0 aliphatic heterocycles. The zero-order chi connectivity index (χ0) is 18.4. The molecule has 0 bridgehead atoms. The first kappa shape index (κ1) is 18.1. The van der Waals surface area contributed by atoms with Crippen LogP contribution in [-0.2, 0) is 11.2 Å². The predicted octanol–water partition coefficient (Wildman–Crippen LogP) is 4.22. The lowest BCUT2D eigenvalue weighted by atomic mass is 10.2. The lowest BCUT2D eigenvalue weighted by Gasteiger charge is -2.21. The van der Waals surface area contributed by atoms with Crippen molar-refractivity contribution in [2.24, 2.45) is 0 Å².